The average molecular weight is 573 g/mol. The van der Waals surface area contributed by atoms with Crippen LogP contribution in [0.2, 0.25) is 0 Å². The zero-order chi connectivity index (χ0) is 29.7. The van der Waals surface area contributed by atoms with Crippen molar-refractivity contribution in [1.29, 1.82) is 0 Å². The number of likely N-dealkylation sites (N-methyl/N-ethyl adjacent to an activating group) is 1. The van der Waals surface area contributed by atoms with Gasteiger partial charge in [-0.3, -0.25) is 0 Å². The average Bonchev–Trinajstić information content (AvgIpc) is 3.18. The number of carbonyl (C=O) groups excluding carboxylic acids is 1. The Bertz CT molecular complexity index is 1350. The number of hydrogen-bond acceptors (Lipinski definition) is 5. The SMILES string of the molecule is CN1C(=O)NCC1(CCOc1ccc(CC(C)(Oc2ccccc2)C(=O)O)cc1)Cc1cccc(OC(F)(F)F)c1. The number of halogens is 3. The van der Waals surface area contributed by atoms with E-state index in [1.165, 1.54) is 25.1 Å². The summed E-state index contributed by atoms with van der Waals surface area (Å²) in [6, 6.07) is 21.2. The Hall–Kier alpha value is -4.41. The molecule has 1 aliphatic rings. The van der Waals surface area contributed by atoms with E-state index in [4.69, 9.17) is 9.47 Å². The molecule has 0 spiro atoms. The first-order chi connectivity index (χ1) is 19.4. The monoisotopic (exact) mass is 572 g/mol. The van der Waals surface area contributed by atoms with E-state index >= 15 is 0 Å². The van der Waals surface area contributed by atoms with Gasteiger partial charge in [0, 0.05) is 26.4 Å². The van der Waals surface area contributed by atoms with Crippen molar-refractivity contribution in [2.45, 2.75) is 43.7 Å². The molecule has 0 aliphatic carbocycles. The van der Waals surface area contributed by atoms with Gasteiger partial charge in [-0.1, -0.05) is 42.5 Å². The van der Waals surface area contributed by atoms with Crippen LogP contribution in [0, 0.1) is 0 Å². The van der Waals surface area contributed by atoms with Crippen molar-refractivity contribution in [1.82, 2.24) is 10.2 Å². The number of para-hydroxylation sites is 1. The molecule has 2 unspecified atom stereocenters. The van der Waals surface area contributed by atoms with Crippen molar-refractivity contribution in [3.8, 4) is 17.2 Å². The summed E-state index contributed by atoms with van der Waals surface area (Å²) in [6.07, 6.45) is -4.00. The van der Waals surface area contributed by atoms with Crippen molar-refractivity contribution in [2.75, 3.05) is 20.2 Å². The fraction of sp³-hybridized carbons (Fsp3) is 0.333. The third-order valence-corrected chi connectivity index (χ3v) is 7.09. The van der Waals surface area contributed by atoms with E-state index in [1.54, 1.807) is 66.5 Å². The van der Waals surface area contributed by atoms with Gasteiger partial charge in [-0.05, 0) is 60.9 Å². The van der Waals surface area contributed by atoms with E-state index in [0.717, 1.165) is 5.56 Å². The highest BCUT2D eigenvalue weighted by Crippen LogP contribution is 2.31. The largest absolute Gasteiger partial charge is 0.573 e. The predicted molar refractivity (Wildman–Crippen MR) is 144 cm³/mol. The maximum atomic E-state index is 12.7. The molecule has 218 valence electrons. The fourth-order valence-electron chi connectivity index (χ4n) is 4.81. The van der Waals surface area contributed by atoms with E-state index in [2.05, 4.69) is 10.1 Å². The van der Waals surface area contributed by atoms with Crippen LogP contribution >= 0.6 is 0 Å². The number of hydrogen-bond donors (Lipinski definition) is 2. The molecule has 3 aromatic rings. The van der Waals surface area contributed by atoms with Gasteiger partial charge in [-0.15, -0.1) is 13.2 Å². The summed E-state index contributed by atoms with van der Waals surface area (Å²) < 4.78 is 53.9. The molecule has 4 rings (SSSR count). The predicted octanol–water partition coefficient (Wildman–Crippen LogP) is 5.46. The maximum Gasteiger partial charge on any atom is 0.573 e. The summed E-state index contributed by atoms with van der Waals surface area (Å²) >= 11 is 0. The molecule has 41 heavy (non-hydrogen) atoms. The summed E-state index contributed by atoms with van der Waals surface area (Å²) in [4.78, 5) is 25.9. The van der Waals surface area contributed by atoms with Crippen LogP contribution in [0.25, 0.3) is 0 Å². The number of carbonyl (C=O) groups is 2. The second-order valence-electron chi connectivity index (χ2n) is 10.2. The second-order valence-corrected chi connectivity index (χ2v) is 10.2. The third-order valence-electron chi connectivity index (χ3n) is 7.09. The Morgan fingerprint density at radius 3 is 2.24 bits per heavy atom. The van der Waals surface area contributed by atoms with Crippen LogP contribution in [0.3, 0.4) is 0 Å². The Labute approximate surface area is 235 Å². The lowest BCUT2D eigenvalue weighted by atomic mass is 9.87. The molecule has 0 bridgehead atoms. The van der Waals surface area contributed by atoms with Gasteiger partial charge in [0.2, 0.25) is 5.60 Å². The van der Waals surface area contributed by atoms with Crippen LogP contribution in [0.15, 0.2) is 78.9 Å². The normalized spacial score (nSPS) is 18.4. The molecule has 2 N–H and O–H groups in total. The molecule has 1 saturated heterocycles. The quantitative estimate of drug-likeness (QED) is 0.300. The fourth-order valence-corrected chi connectivity index (χ4v) is 4.81. The lowest BCUT2D eigenvalue weighted by Gasteiger charge is -2.35. The van der Waals surface area contributed by atoms with E-state index in [1.807, 2.05) is 6.07 Å². The van der Waals surface area contributed by atoms with Crippen molar-refractivity contribution in [3.63, 3.8) is 0 Å². The molecule has 0 aromatic heterocycles. The number of urea groups is 1. The number of ether oxygens (including phenoxy) is 3. The summed E-state index contributed by atoms with van der Waals surface area (Å²) in [5, 5.41) is 12.6. The van der Waals surface area contributed by atoms with Crippen molar-refractivity contribution in [2.24, 2.45) is 0 Å². The molecule has 1 aliphatic heterocycles. The molecule has 1 fully saturated rings. The molecule has 2 atom stereocenters. The molecule has 1 heterocycles. The first-order valence-corrected chi connectivity index (χ1v) is 12.9. The highest BCUT2D eigenvalue weighted by Gasteiger charge is 2.43. The van der Waals surface area contributed by atoms with Gasteiger partial charge in [0.25, 0.3) is 0 Å². The third kappa shape index (κ3) is 7.62. The standard InChI is InChI=1S/C30H31F3N2O6/c1-28(26(36)37,40-24-8-4-3-5-9-24)18-21-11-13-23(14-12-21)39-16-15-29(20-34-27(38)35(29)2)19-22-7-6-10-25(17-22)41-30(31,32)33/h3-14,17H,15-16,18-20H2,1-2H3,(H,34,38)(H,36,37). The summed E-state index contributed by atoms with van der Waals surface area (Å²) in [5.41, 5.74) is -0.892. The lowest BCUT2D eigenvalue weighted by Crippen LogP contribution is -2.48. The molecule has 3 aromatic carbocycles. The lowest BCUT2D eigenvalue weighted by molar-refractivity contribution is -0.274. The van der Waals surface area contributed by atoms with Crippen LogP contribution in [-0.2, 0) is 17.6 Å². The van der Waals surface area contributed by atoms with Gasteiger partial charge in [0.05, 0.1) is 12.1 Å². The van der Waals surface area contributed by atoms with Gasteiger partial charge in [-0.25, -0.2) is 9.59 Å². The minimum absolute atomic E-state index is 0.121. The van der Waals surface area contributed by atoms with Gasteiger partial charge in [0.15, 0.2) is 0 Å². The first-order valence-electron chi connectivity index (χ1n) is 12.9. The number of amides is 2. The number of nitrogens with zero attached hydrogens (tertiary/aromatic N) is 1. The van der Waals surface area contributed by atoms with Crippen LogP contribution in [0.1, 0.15) is 24.5 Å². The second kappa shape index (κ2) is 12.0. The zero-order valence-corrected chi connectivity index (χ0v) is 22.6. The first kappa shape index (κ1) is 29.6. The highest BCUT2D eigenvalue weighted by atomic mass is 19.4. The number of carboxylic acid groups (broad SMARTS) is 1. The Morgan fingerprint density at radius 1 is 0.951 bits per heavy atom. The van der Waals surface area contributed by atoms with E-state index in [-0.39, 0.29) is 31.2 Å². The Kier molecular flexibility index (Phi) is 8.65. The molecule has 2 amide bonds. The molecular weight excluding hydrogens is 541 g/mol. The van der Waals surface area contributed by atoms with Gasteiger partial charge in [0.1, 0.15) is 17.2 Å². The van der Waals surface area contributed by atoms with Crippen LogP contribution < -0.4 is 19.5 Å². The topological polar surface area (TPSA) is 97.3 Å². The molecular formula is C30H31F3N2O6. The molecule has 11 heteroatoms. The van der Waals surface area contributed by atoms with E-state index in [9.17, 15) is 27.9 Å². The zero-order valence-electron chi connectivity index (χ0n) is 22.6. The number of aliphatic carboxylic acids is 1. The number of benzene rings is 3. The number of rotatable bonds is 12. The number of alkyl halides is 3. The Morgan fingerprint density at radius 2 is 1.63 bits per heavy atom. The van der Waals surface area contributed by atoms with Crippen molar-refractivity contribution < 1.29 is 42.1 Å². The summed E-state index contributed by atoms with van der Waals surface area (Å²) in [6.45, 7) is 2.04. The summed E-state index contributed by atoms with van der Waals surface area (Å²) in [5.74, 6) is -0.415. The van der Waals surface area contributed by atoms with Crippen LogP contribution in [-0.4, -0.2) is 59.7 Å². The van der Waals surface area contributed by atoms with E-state index < -0.39 is 23.5 Å². The Balaban J connectivity index is 1.40. The molecule has 8 nitrogen and oxygen atoms in total. The highest BCUT2D eigenvalue weighted by molar-refractivity contribution is 5.78. The van der Waals surface area contributed by atoms with Crippen molar-refractivity contribution >= 4 is 12.0 Å². The number of carboxylic acids is 1. The summed E-state index contributed by atoms with van der Waals surface area (Å²) in [7, 11) is 1.64. The minimum Gasteiger partial charge on any atom is -0.494 e. The number of nitrogens with one attached hydrogen (secondary N) is 1. The van der Waals surface area contributed by atoms with Gasteiger partial charge in [-0.2, -0.15) is 0 Å². The molecule has 0 saturated carbocycles. The minimum atomic E-state index is -4.80. The van der Waals surface area contributed by atoms with Crippen LogP contribution in [0.4, 0.5) is 18.0 Å². The maximum absolute atomic E-state index is 12.7. The van der Waals surface area contributed by atoms with Gasteiger partial charge >= 0.3 is 18.4 Å². The van der Waals surface area contributed by atoms with Crippen molar-refractivity contribution in [3.05, 3.63) is 90.0 Å². The molecule has 0 radical (unpaired) electrons. The van der Waals surface area contributed by atoms with Crippen LogP contribution in [0.5, 0.6) is 17.2 Å². The van der Waals surface area contributed by atoms with E-state index in [0.29, 0.717) is 30.0 Å². The van der Waals surface area contributed by atoms with Gasteiger partial charge < -0.3 is 29.5 Å². The smallest absolute Gasteiger partial charge is 0.494 e.